The fraction of sp³-hybridized carbons (Fsp3) is 1.00. The van der Waals surface area contributed by atoms with E-state index in [9.17, 15) is 0 Å². The molecule has 0 saturated carbocycles. The Bertz CT molecular complexity index is 382. The SMILES string of the molecule is C.C.C.CC.CC.CC.CC.CC(C)C1CCCN1.CC(C)C1CCNC1.CC(C)N1CCCC1.CC(C)N1CCNCC1. The van der Waals surface area contributed by atoms with Crippen molar-refractivity contribution in [1.29, 1.82) is 0 Å². The molecule has 0 bridgehead atoms. The minimum Gasteiger partial charge on any atom is -0.316 e. The first kappa shape index (κ1) is 59.2. The van der Waals surface area contributed by atoms with Crippen LogP contribution in [-0.4, -0.2) is 86.8 Å². The summed E-state index contributed by atoms with van der Waals surface area (Å²) in [6, 6.07) is 2.32. The highest BCUT2D eigenvalue weighted by atomic mass is 15.2. The van der Waals surface area contributed by atoms with Crippen molar-refractivity contribution < 1.29 is 0 Å². The average molecular weight is 636 g/mol. The predicted octanol–water partition coefficient (Wildman–Crippen LogP) is 10.4. The molecule has 2 unspecified atom stereocenters. The maximum Gasteiger partial charge on any atom is 0.0110 e. The van der Waals surface area contributed by atoms with Crippen molar-refractivity contribution in [2.45, 2.75) is 183 Å². The van der Waals surface area contributed by atoms with Crippen molar-refractivity contribution in [1.82, 2.24) is 25.8 Å². The zero-order valence-electron chi connectivity index (χ0n) is 31.8. The standard InChI is InChI=1S/C7H16N2.3C7H15N.4C2H6.3CH4/c1-7(2)9-5-3-8-4-6-9;1-6(2)7-3-4-8-5-7;1-7(2)8-5-3-4-6-8;1-6(2)7-4-3-5-8-7;4*1-2;;;/h7-8H,3-6H2,1-2H3;6-8H,3-5H2,1-2H3;7H,3-6H2,1-2H3;6-8H,3-5H2,1-2H3;4*1-2H3;3*1H4. The first-order valence-electron chi connectivity index (χ1n) is 18.3. The third-order valence-electron chi connectivity index (χ3n) is 7.70. The summed E-state index contributed by atoms with van der Waals surface area (Å²) in [5.74, 6) is 2.66. The lowest BCUT2D eigenvalue weighted by Gasteiger charge is -2.30. The normalized spacial score (nSPS) is 20.2. The molecule has 0 aromatic heterocycles. The van der Waals surface area contributed by atoms with Crippen molar-refractivity contribution in [2.75, 3.05) is 58.9 Å². The predicted molar refractivity (Wildman–Crippen MR) is 213 cm³/mol. The lowest BCUT2D eigenvalue weighted by molar-refractivity contribution is 0.196. The summed E-state index contributed by atoms with van der Waals surface area (Å²) < 4.78 is 0. The fourth-order valence-corrected chi connectivity index (χ4v) is 4.98. The van der Waals surface area contributed by atoms with Gasteiger partial charge >= 0.3 is 0 Å². The van der Waals surface area contributed by atoms with Gasteiger partial charge < -0.3 is 20.9 Å². The second-order valence-corrected chi connectivity index (χ2v) is 11.7. The van der Waals surface area contributed by atoms with Gasteiger partial charge in [0.05, 0.1) is 0 Å². The van der Waals surface area contributed by atoms with Gasteiger partial charge in [0.15, 0.2) is 0 Å². The molecule has 5 heteroatoms. The van der Waals surface area contributed by atoms with Gasteiger partial charge in [0.25, 0.3) is 0 Å². The van der Waals surface area contributed by atoms with E-state index in [4.69, 9.17) is 0 Å². The molecule has 4 fully saturated rings. The monoisotopic (exact) mass is 636 g/mol. The van der Waals surface area contributed by atoms with Gasteiger partial charge in [-0.1, -0.05) is 105 Å². The summed E-state index contributed by atoms with van der Waals surface area (Å²) in [6.45, 7) is 45.4. The third-order valence-corrected chi connectivity index (χ3v) is 7.70. The molecule has 4 aliphatic heterocycles. The van der Waals surface area contributed by atoms with Crippen LogP contribution in [-0.2, 0) is 0 Å². The van der Waals surface area contributed by atoms with E-state index in [0.717, 1.165) is 49.0 Å². The van der Waals surface area contributed by atoms with E-state index in [1.54, 1.807) is 0 Å². The zero-order chi connectivity index (χ0) is 32.6. The summed E-state index contributed by atoms with van der Waals surface area (Å²) >= 11 is 0. The van der Waals surface area contributed by atoms with E-state index in [1.807, 2.05) is 55.4 Å². The lowest BCUT2D eigenvalue weighted by Crippen LogP contribution is -2.46. The van der Waals surface area contributed by atoms with Crippen molar-refractivity contribution >= 4 is 0 Å². The van der Waals surface area contributed by atoms with Gasteiger partial charge in [-0.15, -0.1) is 0 Å². The quantitative estimate of drug-likeness (QED) is 0.287. The van der Waals surface area contributed by atoms with E-state index in [2.05, 4.69) is 81.1 Å². The number of likely N-dealkylation sites (tertiary alicyclic amines) is 1. The lowest BCUT2D eigenvalue weighted by atomic mass is 9.96. The molecule has 0 radical (unpaired) electrons. The summed E-state index contributed by atoms with van der Waals surface area (Å²) in [5, 5.41) is 10.1. The molecule has 0 aromatic rings. The van der Waals surface area contributed by atoms with E-state index in [0.29, 0.717) is 0 Å². The largest absolute Gasteiger partial charge is 0.316 e. The van der Waals surface area contributed by atoms with Crippen LogP contribution in [0.15, 0.2) is 0 Å². The van der Waals surface area contributed by atoms with Crippen LogP contribution in [0.3, 0.4) is 0 Å². The third kappa shape index (κ3) is 34.7. The number of nitrogens with zero attached hydrogens (tertiary/aromatic N) is 2. The van der Waals surface area contributed by atoms with Crippen LogP contribution in [0, 0.1) is 17.8 Å². The molecule has 0 spiro atoms. The Labute approximate surface area is 285 Å². The molecular weight excluding hydrogens is 538 g/mol. The molecule has 4 aliphatic rings. The Morgan fingerprint density at radius 1 is 0.477 bits per heavy atom. The molecule has 4 saturated heterocycles. The van der Waals surface area contributed by atoms with E-state index in [1.165, 1.54) is 77.9 Å². The summed E-state index contributed by atoms with van der Waals surface area (Å²) in [4.78, 5) is 5.02. The molecular formula is C39H97N5. The van der Waals surface area contributed by atoms with E-state index < -0.39 is 0 Å². The maximum absolute atomic E-state index is 3.46. The highest BCUT2D eigenvalue weighted by molar-refractivity contribution is 4.76. The van der Waals surface area contributed by atoms with Crippen molar-refractivity contribution in [3.05, 3.63) is 0 Å². The number of hydrogen-bond acceptors (Lipinski definition) is 5. The van der Waals surface area contributed by atoms with Gasteiger partial charge in [-0.05, 0) is 110 Å². The smallest absolute Gasteiger partial charge is 0.0110 e. The summed E-state index contributed by atoms with van der Waals surface area (Å²) in [7, 11) is 0. The Morgan fingerprint density at radius 2 is 0.909 bits per heavy atom. The van der Waals surface area contributed by atoms with E-state index in [-0.39, 0.29) is 22.3 Å². The Hall–Kier alpha value is -0.200. The highest BCUT2D eigenvalue weighted by Crippen LogP contribution is 2.17. The second kappa shape index (κ2) is 44.9. The number of nitrogens with one attached hydrogen (secondary N) is 3. The van der Waals surface area contributed by atoms with Crippen LogP contribution in [0.2, 0.25) is 0 Å². The molecule has 4 rings (SSSR count). The van der Waals surface area contributed by atoms with Crippen LogP contribution < -0.4 is 16.0 Å². The molecule has 0 amide bonds. The summed E-state index contributed by atoms with van der Waals surface area (Å²) in [5.41, 5.74) is 0. The number of rotatable bonds is 4. The average Bonchev–Trinajstić information content (AvgIpc) is 3.83. The Morgan fingerprint density at radius 3 is 1.11 bits per heavy atom. The molecule has 0 aromatic carbocycles. The van der Waals surface area contributed by atoms with Crippen LogP contribution in [0.25, 0.3) is 0 Å². The van der Waals surface area contributed by atoms with Crippen LogP contribution in [0.4, 0.5) is 0 Å². The molecule has 4 heterocycles. The topological polar surface area (TPSA) is 42.6 Å². The first-order valence-corrected chi connectivity index (χ1v) is 18.3. The van der Waals surface area contributed by atoms with Crippen LogP contribution in [0.1, 0.15) is 165 Å². The number of hydrogen-bond donors (Lipinski definition) is 3. The van der Waals surface area contributed by atoms with Gasteiger partial charge in [0, 0.05) is 44.3 Å². The van der Waals surface area contributed by atoms with Gasteiger partial charge in [-0.25, -0.2) is 0 Å². The molecule has 44 heavy (non-hydrogen) atoms. The zero-order valence-corrected chi connectivity index (χ0v) is 31.8. The second-order valence-electron chi connectivity index (χ2n) is 11.7. The maximum atomic E-state index is 3.46. The highest BCUT2D eigenvalue weighted by Gasteiger charge is 2.17. The van der Waals surface area contributed by atoms with Crippen molar-refractivity contribution in [2.24, 2.45) is 17.8 Å². The Kier molecular flexibility index (Phi) is 60.5. The fourth-order valence-electron chi connectivity index (χ4n) is 4.98. The van der Waals surface area contributed by atoms with Gasteiger partial charge in [-0.2, -0.15) is 0 Å². The molecule has 0 aliphatic carbocycles. The van der Waals surface area contributed by atoms with Crippen molar-refractivity contribution in [3.8, 4) is 0 Å². The summed E-state index contributed by atoms with van der Waals surface area (Å²) in [6.07, 6.45) is 6.98. The van der Waals surface area contributed by atoms with Crippen LogP contribution >= 0.6 is 0 Å². The molecule has 278 valence electrons. The molecule has 2 atom stereocenters. The van der Waals surface area contributed by atoms with Crippen LogP contribution in [0.5, 0.6) is 0 Å². The van der Waals surface area contributed by atoms with Gasteiger partial charge in [0.1, 0.15) is 0 Å². The molecule has 5 nitrogen and oxygen atoms in total. The first-order chi connectivity index (χ1) is 19.7. The van der Waals surface area contributed by atoms with Gasteiger partial charge in [0.2, 0.25) is 0 Å². The number of piperazine rings is 1. The van der Waals surface area contributed by atoms with Crippen molar-refractivity contribution in [3.63, 3.8) is 0 Å². The molecule has 3 N–H and O–H groups in total. The van der Waals surface area contributed by atoms with Gasteiger partial charge in [-0.3, -0.25) is 4.90 Å². The minimum atomic E-state index is 0. The van der Waals surface area contributed by atoms with E-state index >= 15 is 0 Å². The Balaban J connectivity index is -0.0000000754. The minimum absolute atomic E-state index is 0.